The Morgan fingerprint density at radius 2 is 1.84 bits per heavy atom. The maximum absolute atomic E-state index is 12.1. The van der Waals surface area contributed by atoms with Crippen molar-refractivity contribution in [2.75, 3.05) is 12.4 Å². The van der Waals surface area contributed by atoms with Crippen molar-refractivity contribution >= 4 is 38.3 Å². The molecule has 4 rings (SSSR count). The number of benzene rings is 2. The molecule has 2 aromatic heterocycles. The number of fused-ring (bicyclic) bond motifs is 1. The molecule has 2 heterocycles. The number of ether oxygens (including phenoxy) is 2. The highest BCUT2D eigenvalue weighted by molar-refractivity contribution is 7.22. The van der Waals surface area contributed by atoms with Gasteiger partial charge in [0.15, 0.2) is 5.13 Å². The second-order valence-corrected chi connectivity index (χ2v) is 9.02. The minimum atomic E-state index is -0.411. The van der Waals surface area contributed by atoms with Crippen LogP contribution in [0.3, 0.4) is 0 Å². The zero-order valence-corrected chi connectivity index (χ0v) is 18.6. The third kappa shape index (κ3) is 4.36. The predicted octanol–water partition coefficient (Wildman–Crippen LogP) is 6.31. The molecule has 0 fully saturated rings. The van der Waals surface area contributed by atoms with Gasteiger partial charge in [-0.25, -0.2) is 14.8 Å². The first-order chi connectivity index (χ1) is 14.9. The number of rotatable bonds is 5. The third-order valence-electron chi connectivity index (χ3n) is 4.74. The van der Waals surface area contributed by atoms with Crippen LogP contribution in [-0.4, -0.2) is 23.0 Å². The summed E-state index contributed by atoms with van der Waals surface area (Å²) in [6.45, 7) is 6.44. The Morgan fingerprint density at radius 1 is 1.03 bits per heavy atom. The number of nitrogens with one attached hydrogen (secondary N) is 1. The smallest absolute Gasteiger partial charge is 0.340 e. The molecule has 6 nitrogen and oxygen atoms in total. The zero-order valence-electron chi connectivity index (χ0n) is 17.8. The second-order valence-electron chi connectivity index (χ2n) is 7.99. The predicted molar refractivity (Wildman–Crippen MR) is 124 cm³/mol. The van der Waals surface area contributed by atoms with Gasteiger partial charge in [0.1, 0.15) is 11.4 Å². The molecule has 0 bridgehead atoms. The highest BCUT2D eigenvalue weighted by Crippen LogP contribution is 2.37. The van der Waals surface area contributed by atoms with E-state index in [-0.39, 0.29) is 5.41 Å². The van der Waals surface area contributed by atoms with Gasteiger partial charge >= 0.3 is 5.97 Å². The number of esters is 1. The number of nitrogens with zero attached hydrogens (tertiary/aromatic N) is 2. The number of hydrogen-bond donors (Lipinski definition) is 1. The van der Waals surface area contributed by atoms with Crippen LogP contribution < -0.4 is 10.1 Å². The Balaban J connectivity index is 1.67. The van der Waals surface area contributed by atoms with Crippen molar-refractivity contribution in [2.24, 2.45) is 0 Å². The monoisotopic (exact) mass is 433 g/mol. The minimum Gasteiger partial charge on any atom is -0.465 e. The van der Waals surface area contributed by atoms with E-state index in [1.807, 2.05) is 42.5 Å². The summed E-state index contributed by atoms with van der Waals surface area (Å²) in [6.07, 6.45) is 1.69. The van der Waals surface area contributed by atoms with E-state index in [0.717, 1.165) is 16.0 Å². The average molecular weight is 434 g/mol. The first-order valence-corrected chi connectivity index (χ1v) is 10.7. The molecule has 0 atom stereocenters. The summed E-state index contributed by atoms with van der Waals surface area (Å²) in [5.74, 6) is 0.798. The highest BCUT2D eigenvalue weighted by atomic mass is 32.1. The summed E-state index contributed by atoms with van der Waals surface area (Å²) >= 11 is 1.44. The van der Waals surface area contributed by atoms with Gasteiger partial charge in [-0.3, -0.25) is 0 Å². The van der Waals surface area contributed by atoms with Crippen molar-refractivity contribution in [1.29, 1.82) is 0 Å². The molecule has 0 saturated carbocycles. The van der Waals surface area contributed by atoms with Crippen molar-refractivity contribution < 1.29 is 14.3 Å². The summed E-state index contributed by atoms with van der Waals surface area (Å²) in [6, 6.07) is 17.1. The number of hydrogen-bond acceptors (Lipinski definition) is 7. The number of carbonyl (C=O) groups is 1. The molecule has 0 aliphatic carbocycles. The van der Waals surface area contributed by atoms with E-state index < -0.39 is 5.97 Å². The van der Waals surface area contributed by atoms with Crippen LogP contribution in [0.1, 0.15) is 36.7 Å². The van der Waals surface area contributed by atoms with Crippen LogP contribution in [0.4, 0.5) is 10.8 Å². The van der Waals surface area contributed by atoms with Gasteiger partial charge in [0.2, 0.25) is 5.88 Å². The molecule has 0 radical (unpaired) electrons. The fourth-order valence-corrected chi connectivity index (χ4v) is 4.14. The molecule has 0 aliphatic rings. The molecule has 7 heteroatoms. The number of aromatic nitrogens is 2. The number of anilines is 2. The number of carbonyl (C=O) groups excluding carboxylic acids is 1. The molecule has 0 unspecified atom stereocenters. The van der Waals surface area contributed by atoms with E-state index in [2.05, 4.69) is 42.1 Å². The van der Waals surface area contributed by atoms with E-state index in [0.29, 0.717) is 27.8 Å². The molecule has 4 aromatic rings. The largest absolute Gasteiger partial charge is 0.465 e. The highest BCUT2D eigenvalue weighted by Gasteiger charge is 2.20. The molecular formula is C24H23N3O3S. The van der Waals surface area contributed by atoms with Crippen molar-refractivity contribution in [3.05, 3.63) is 71.9 Å². The van der Waals surface area contributed by atoms with Gasteiger partial charge in [-0.2, -0.15) is 0 Å². The zero-order chi connectivity index (χ0) is 22.0. The molecule has 0 aliphatic heterocycles. The maximum atomic E-state index is 12.1. The van der Waals surface area contributed by atoms with Crippen LogP contribution in [0, 0.1) is 0 Å². The van der Waals surface area contributed by atoms with Gasteiger partial charge in [0, 0.05) is 11.8 Å². The van der Waals surface area contributed by atoms with Gasteiger partial charge < -0.3 is 14.8 Å². The lowest BCUT2D eigenvalue weighted by Gasteiger charge is -2.22. The Kier molecular flexibility index (Phi) is 5.61. The van der Waals surface area contributed by atoms with Crippen LogP contribution in [0.2, 0.25) is 0 Å². The SMILES string of the molecule is COC(=O)c1cccc2sc(Nc3cccnc3Oc3ccccc3C(C)(C)C)nc12. The number of pyridine rings is 1. The van der Waals surface area contributed by atoms with Gasteiger partial charge in [0.25, 0.3) is 0 Å². The lowest BCUT2D eigenvalue weighted by molar-refractivity contribution is 0.0603. The van der Waals surface area contributed by atoms with E-state index in [4.69, 9.17) is 9.47 Å². The summed E-state index contributed by atoms with van der Waals surface area (Å²) < 4.78 is 12.0. The quantitative estimate of drug-likeness (QED) is 0.372. The number of para-hydroxylation sites is 2. The molecule has 158 valence electrons. The molecule has 0 saturated heterocycles. The van der Waals surface area contributed by atoms with Gasteiger partial charge in [-0.15, -0.1) is 0 Å². The fraction of sp³-hybridized carbons (Fsp3) is 0.208. The average Bonchev–Trinajstić information content (AvgIpc) is 3.16. The van der Waals surface area contributed by atoms with Crippen molar-refractivity contribution in [3.8, 4) is 11.6 Å². The van der Waals surface area contributed by atoms with Crippen LogP contribution in [0.5, 0.6) is 11.6 Å². The second kappa shape index (κ2) is 8.35. The molecule has 0 amide bonds. The third-order valence-corrected chi connectivity index (χ3v) is 5.67. The first kappa shape index (κ1) is 20.8. The molecule has 1 N–H and O–H groups in total. The summed E-state index contributed by atoms with van der Waals surface area (Å²) in [4.78, 5) is 21.1. The standard InChI is InChI=1S/C24H23N3O3S/c1-24(2,3)16-10-5-6-12-18(16)30-21-17(11-8-14-25-21)26-23-27-20-15(22(28)29-4)9-7-13-19(20)31-23/h5-14H,1-4H3,(H,26,27). The van der Waals surface area contributed by atoms with E-state index in [9.17, 15) is 4.79 Å². The van der Waals surface area contributed by atoms with Crippen LogP contribution >= 0.6 is 11.3 Å². The van der Waals surface area contributed by atoms with Crippen molar-refractivity contribution in [3.63, 3.8) is 0 Å². The molecule has 0 spiro atoms. The van der Waals surface area contributed by atoms with Crippen molar-refractivity contribution in [2.45, 2.75) is 26.2 Å². The van der Waals surface area contributed by atoms with E-state index >= 15 is 0 Å². The lowest BCUT2D eigenvalue weighted by atomic mass is 9.86. The van der Waals surface area contributed by atoms with Gasteiger partial charge in [-0.1, -0.05) is 56.4 Å². The van der Waals surface area contributed by atoms with E-state index in [1.54, 1.807) is 12.3 Å². The van der Waals surface area contributed by atoms with Gasteiger partial charge in [-0.05, 0) is 35.7 Å². The van der Waals surface area contributed by atoms with Crippen LogP contribution in [-0.2, 0) is 10.2 Å². The Morgan fingerprint density at radius 3 is 2.61 bits per heavy atom. The topological polar surface area (TPSA) is 73.3 Å². The normalized spacial score (nSPS) is 11.4. The molecular weight excluding hydrogens is 410 g/mol. The Labute approximate surface area is 184 Å². The first-order valence-electron chi connectivity index (χ1n) is 9.84. The van der Waals surface area contributed by atoms with Crippen LogP contribution in [0.15, 0.2) is 60.8 Å². The number of methoxy groups -OCH3 is 1. The number of thiazole rings is 1. The summed E-state index contributed by atoms with van der Waals surface area (Å²) in [7, 11) is 1.36. The van der Waals surface area contributed by atoms with E-state index in [1.165, 1.54) is 18.4 Å². The van der Waals surface area contributed by atoms with Crippen molar-refractivity contribution in [1.82, 2.24) is 9.97 Å². The Bertz CT molecular complexity index is 1240. The molecule has 2 aromatic carbocycles. The van der Waals surface area contributed by atoms with Crippen LogP contribution in [0.25, 0.3) is 10.2 Å². The minimum absolute atomic E-state index is 0.0731. The molecule has 31 heavy (non-hydrogen) atoms. The Hall–Kier alpha value is -3.45. The fourth-order valence-electron chi connectivity index (χ4n) is 3.24. The summed E-state index contributed by atoms with van der Waals surface area (Å²) in [5, 5.41) is 3.93. The summed E-state index contributed by atoms with van der Waals surface area (Å²) in [5.41, 5.74) is 2.74. The maximum Gasteiger partial charge on any atom is 0.340 e. The lowest BCUT2D eigenvalue weighted by Crippen LogP contribution is -2.12. The van der Waals surface area contributed by atoms with Gasteiger partial charge in [0.05, 0.1) is 22.9 Å².